The van der Waals surface area contributed by atoms with E-state index in [1.165, 1.54) is 19.2 Å². The van der Waals surface area contributed by atoms with Crippen LogP contribution in [0.25, 0.3) is 10.9 Å². The van der Waals surface area contributed by atoms with Crippen LogP contribution in [0.1, 0.15) is 0 Å². The third-order valence-electron chi connectivity index (χ3n) is 4.88. The zero-order valence-corrected chi connectivity index (χ0v) is 18.1. The standard InChI is InChI=1S/C24H21N3O4S/c1-31-22-15-6-5-14-21(22)27(32(29,30)19-11-3-2-4-12-19)17-23(28)26-20-13-7-9-18-10-8-16-25-24(18)20/h2-16H,17H2,1H3,(H,26,28). The van der Waals surface area contributed by atoms with E-state index in [0.717, 1.165) is 9.69 Å². The Morgan fingerprint density at radius 1 is 0.938 bits per heavy atom. The predicted octanol–water partition coefficient (Wildman–Crippen LogP) is 4.08. The van der Waals surface area contributed by atoms with Crippen LogP contribution < -0.4 is 14.4 Å². The second-order valence-corrected chi connectivity index (χ2v) is 8.79. The Morgan fingerprint density at radius 2 is 1.66 bits per heavy atom. The Bertz CT molecular complexity index is 1350. The van der Waals surface area contributed by atoms with Gasteiger partial charge in [0, 0.05) is 11.6 Å². The molecule has 0 radical (unpaired) electrons. The van der Waals surface area contributed by atoms with Crippen molar-refractivity contribution in [2.45, 2.75) is 4.90 Å². The second-order valence-electron chi connectivity index (χ2n) is 6.93. The van der Waals surface area contributed by atoms with Gasteiger partial charge in [0.25, 0.3) is 10.0 Å². The molecule has 1 aromatic heterocycles. The molecule has 0 aliphatic heterocycles. The van der Waals surface area contributed by atoms with Crippen LogP contribution in [-0.2, 0) is 14.8 Å². The summed E-state index contributed by atoms with van der Waals surface area (Å²) >= 11 is 0. The molecule has 0 aliphatic carbocycles. The number of amides is 1. The number of carbonyl (C=O) groups is 1. The maximum Gasteiger partial charge on any atom is 0.264 e. The van der Waals surface area contributed by atoms with Gasteiger partial charge in [-0.25, -0.2) is 8.42 Å². The van der Waals surface area contributed by atoms with Gasteiger partial charge in [-0.3, -0.25) is 14.1 Å². The molecule has 0 spiro atoms. The van der Waals surface area contributed by atoms with Gasteiger partial charge in [0.1, 0.15) is 12.3 Å². The van der Waals surface area contributed by atoms with E-state index in [0.29, 0.717) is 17.0 Å². The Kier molecular flexibility index (Phi) is 6.04. The van der Waals surface area contributed by atoms with Gasteiger partial charge in [-0.2, -0.15) is 0 Å². The number of pyridine rings is 1. The molecule has 7 nitrogen and oxygen atoms in total. The van der Waals surface area contributed by atoms with E-state index in [9.17, 15) is 13.2 Å². The molecule has 1 N–H and O–H groups in total. The number of nitrogens with zero attached hydrogens (tertiary/aromatic N) is 2. The lowest BCUT2D eigenvalue weighted by atomic mass is 10.2. The highest BCUT2D eigenvalue weighted by atomic mass is 32.2. The number of ether oxygens (including phenoxy) is 1. The van der Waals surface area contributed by atoms with Gasteiger partial charge < -0.3 is 10.1 Å². The molecule has 162 valence electrons. The maximum absolute atomic E-state index is 13.5. The Morgan fingerprint density at radius 3 is 2.44 bits per heavy atom. The summed E-state index contributed by atoms with van der Waals surface area (Å²) in [6.07, 6.45) is 1.64. The summed E-state index contributed by atoms with van der Waals surface area (Å²) in [7, 11) is -2.59. The van der Waals surface area contributed by atoms with Crippen LogP contribution in [0.2, 0.25) is 0 Å². The van der Waals surface area contributed by atoms with E-state index in [-0.39, 0.29) is 10.6 Å². The van der Waals surface area contributed by atoms with E-state index in [1.807, 2.05) is 18.2 Å². The van der Waals surface area contributed by atoms with Gasteiger partial charge in [0.05, 0.1) is 28.9 Å². The van der Waals surface area contributed by atoms with Gasteiger partial charge in [-0.15, -0.1) is 0 Å². The van der Waals surface area contributed by atoms with Gasteiger partial charge in [-0.05, 0) is 36.4 Å². The summed E-state index contributed by atoms with van der Waals surface area (Å²) in [5.74, 6) is -0.166. The molecule has 0 saturated carbocycles. The highest BCUT2D eigenvalue weighted by Crippen LogP contribution is 2.32. The van der Waals surface area contributed by atoms with Crippen molar-refractivity contribution >= 4 is 38.2 Å². The van der Waals surface area contributed by atoms with E-state index >= 15 is 0 Å². The lowest BCUT2D eigenvalue weighted by molar-refractivity contribution is -0.114. The first-order chi connectivity index (χ1) is 15.5. The van der Waals surface area contributed by atoms with Crippen molar-refractivity contribution in [3.05, 3.63) is 91.1 Å². The monoisotopic (exact) mass is 447 g/mol. The number of hydrogen-bond acceptors (Lipinski definition) is 5. The first-order valence-corrected chi connectivity index (χ1v) is 11.3. The fourth-order valence-corrected chi connectivity index (χ4v) is 4.83. The average molecular weight is 448 g/mol. The number of nitrogens with one attached hydrogen (secondary N) is 1. The van der Waals surface area contributed by atoms with Crippen molar-refractivity contribution in [1.82, 2.24) is 4.98 Å². The largest absolute Gasteiger partial charge is 0.495 e. The van der Waals surface area contributed by atoms with Crippen LogP contribution in [0, 0.1) is 0 Å². The minimum absolute atomic E-state index is 0.0746. The number of rotatable bonds is 7. The van der Waals surface area contributed by atoms with Gasteiger partial charge in [-0.1, -0.05) is 48.5 Å². The van der Waals surface area contributed by atoms with Crippen molar-refractivity contribution in [3.63, 3.8) is 0 Å². The third-order valence-corrected chi connectivity index (χ3v) is 6.65. The van der Waals surface area contributed by atoms with Crippen LogP contribution in [0.3, 0.4) is 0 Å². The molecule has 4 aromatic rings. The van der Waals surface area contributed by atoms with Gasteiger partial charge in [0.2, 0.25) is 5.91 Å². The predicted molar refractivity (Wildman–Crippen MR) is 124 cm³/mol. The highest BCUT2D eigenvalue weighted by molar-refractivity contribution is 7.92. The van der Waals surface area contributed by atoms with E-state index in [2.05, 4.69) is 10.3 Å². The zero-order chi connectivity index (χ0) is 22.6. The number of sulfonamides is 1. The van der Waals surface area contributed by atoms with Crippen LogP contribution >= 0.6 is 0 Å². The molecule has 0 saturated heterocycles. The second kappa shape index (κ2) is 9.07. The van der Waals surface area contributed by atoms with Crippen molar-refractivity contribution in [2.75, 3.05) is 23.3 Å². The third kappa shape index (κ3) is 4.26. The number of benzene rings is 3. The first kappa shape index (κ1) is 21.3. The van der Waals surface area contributed by atoms with Crippen LogP contribution in [0.5, 0.6) is 5.75 Å². The quantitative estimate of drug-likeness (QED) is 0.461. The van der Waals surface area contributed by atoms with Crippen LogP contribution in [0.4, 0.5) is 11.4 Å². The van der Waals surface area contributed by atoms with E-state index in [1.54, 1.807) is 60.8 Å². The molecule has 0 unspecified atom stereocenters. The summed E-state index contributed by atoms with van der Waals surface area (Å²) < 4.78 is 33.4. The van der Waals surface area contributed by atoms with Gasteiger partial charge >= 0.3 is 0 Å². The molecule has 32 heavy (non-hydrogen) atoms. The highest BCUT2D eigenvalue weighted by Gasteiger charge is 2.29. The number of para-hydroxylation sites is 3. The zero-order valence-electron chi connectivity index (χ0n) is 17.3. The normalized spacial score (nSPS) is 11.2. The average Bonchev–Trinajstić information content (AvgIpc) is 2.83. The SMILES string of the molecule is COc1ccccc1N(CC(=O)Nc1cccc2cccnc12)S(=O)(=O)c1ccccc1. The number of hydrogen-bond donors (Lipinski definition) is 1. The lowest BCUT2D eigenvalue weighted by Gasteiger charge is -2.25. The number of aromatic nitrogens is 1. The number of methoxy groups -OCH3 is 1. The lowest BCUT2D eigenvalue weighted by Crippen LogP contribution is -2.38. The Labute approximate surface area is 186 Å². The van der Waals surface area contributed by atoms with Crippen molar-refractivity contribution < 1.29 is 17.9 Å². The molecule has 8 heteroatoms. The first-order valence-electron chi connectivity index (χ1n) is 9.85. The van der Waals surface area contributed by atoms with Crippen LogP contribution in [0.15, 0.2) is 96.0 Å². The smallest absolute Gasteiger partial charge is 0.264 e. The molecule has 4 rings (SSSR count). The molecule has 1 heterocycles. The summed E-state index contributed by atoms with van der Waals surface area (Å²) in [6.45, 7) is -0.444. The summed E-state index contributed by atoms with van der Waals surface area (Å²) in [4.78, 5) is 17.4. The van der Waals surface area contributed by atoms with E-state index in [4.69, 9.17) is 4.74 Å². The van der Waals surface area contributed by atoms with Crippen LogP contribution in [-0.4, -0.2) is 33.0 Å². The maximum atomic E-state index is 13.5. The van der Waals surface area contributed by atoms with Crippen molar-refractivity contribution in [2.24, 2.45) is 0 Å². The molecule has 0 atom stereocenters. The van der Waals surface area contributed by atoms with Crippen molar-refractivity contribution in [1.29, 1.82) is 0 Å². The number of carbonyl (C=O) groups excluding carboxylic acids is 1. The van der Waals surface area contributed by atoms with E-state index < -0.39 is 22.5 Å². The Balaban J connectivity index is 1.71. The minimum Gasteiger partial charge on any atom is -0.495 e. The Hall–Kier alpha value is -3.91. The molecule has 0 aliphatic rings. The topological polar surface area (TPSA) is 88.6 Å². The minimum atomic E-state index is -4.04. The molecule has 3 aromatic carbocycles. The fraction of sp³-hybridized carbons (Fsp3) is 0.0833. The summed E-state index contributed by atoms with van der Waals surface area (Å²) in [5.41, 5.74) is 1.40. The summed E-state index contributed by atoms with van der Waals surface area (Å²) in [5, 5.41) is 3.66. The number of fused-ring (bicyclic) bond motifs is 1. The van der Waals surface area contributed by atoms with Crippen molar-refractivity contribution in [3.8, 4) is 5.75 Å². The van der Waals surface area contributed by atoms with Gasteiger partial charge in [0.15, 0.2) is 0 Å². The summed E-state index contributed by atoms with van der Waals surface area (Å²) in [6, 6.07) is 23.8. The number of anilines is 2. The molecule has 0 fully saturated rings. The fourth-order valence-electron chi connectivity index (χ4n) is 3.38. The molecule has 0 bridgehead atoms. The molecule has 1 amide bonds. The molecular weight excluding hydrogens is 426 g/mol. The molecular formula is C24H21N3O4S.